The molecule has 1 aromatic heterocycles. The number of thiophene rings is 1. The Morgan fingerprint density at radius 2 is 2.26 bits per heavy atom. The van der Waals surface area contributed by atoms with Crippen molar-refractivity contribution in [2.45, 2.75) is 43.6 Å². The van der Waals surface area contributed by atoms with Gasteiger partial charge in [0, 0.05) is 21.0 Å². The van der Waals surface area contributed by atoms with Crippen LogP contribution in [0, 0.1) is 6.92 Å². The minimum Gasteiger partial charge on any atom is -0.318 e. The number of rotatable bonds is 3. The van der Waals surface area contributed by atoms with Crippen LogP contribution in [-0.2, 0) is 4.79 Å². The van der Waals surface area contributed by atoms with Gasteiger partial charge in [-0.1, -0.05) is 0 Å². The number of carbonyl (C=O) groups is 1. The van der Waals surface area contributed by atoms with E-state index in [4.69, 9.17) is 0 Å². The molecule has 1 aliphatic heterocycles. The van der Waals surface area contributed by atoms with Gasteiger partial charge in [-0.15, -0.1) is 11.3 Å². The van der Waals surface area contributed by atoms with Crippen LogP contribution in [0.15, 0.2) is 12.1 Å². The van der Waals surface area contributed by atoms with E-state index in [-0.39, 0.29) is 12.1 Å². The topological polar surface area (TPSA) is 32.3 Å². The molecule has 0 aromatic carbocycles. The lowest BCUT2D eigenvalue weighted by Gasteiger charge is -2.29. The van der Waals surface area contributed by atoms with Gasteiger partial charge in [0.05, 0.1) is 6.54 Å². The van der Waals surface area contributed by atoms with Gasteiger partial charge in [-0.3, -0.25) is 10.1 Å². The van der Waals surface area contributed by atoms with Crippen molar-refractivity contribution in [1.82, 2.24) is 10.2 Å². The van der Waals surface area contributed by atoms with Crippen LogP contribution in [0.3, 0.4) is 0 Å². The van der Waals surface area contributed by atoms with Crippen LogP contribution in [-0.4, -0.2) is 34.9 Å². The SMILES string of the molecule is CSC1CCC(N2C(=O)CNC2c2ccc(C)s2)C1. The lowest BCUT2D eigenvalue weighted by Crippen LogP contribution is -2.38. The minimum atomic E-state index is 0.108. The molecule has 1 N–H and O–H groups in total. The molecule has 3 unspecified atom stereocenters. The second-order valence-corrected chi connectivity index (χ2v) is 7.81. The molecule has 2 aliphatic rings. The second kappa shape index (κ2) is 5.46. The van der Waals surface area contributed by atoms with Crippen molar-refractivity contribution in [2.24, 2.45) is 0 Å². The van der Waals surface area contributed by atoms with Gasteiger partial charge in [-0.05, 0) is 44.6 Å². The number of thioether (sulfide) groups is 1. The van der Waals surface area contributed by atoms with Gasteiger partial charge in [-0.2, -0.15) is 11.8 Å². The van der Waals surface area contributed by atoms with E-state index in [2.05, 4.69) is 35.5 Å². The summed E-state index contributed by atoms with van der Waals surface area (Å²) in [6.07, 6.45) is 5.83. The summed E-state index contributed by atoms with van der Waals surface area (Å²) >= 11 is 3.74. The van der Waals surface area contributed by atoms with Gasteiger partial charge in [0.2, 0.25) is 5.91 Å². The maximum Gasteiger partial charge on any atom is 0.238 e. The molecule has 2 fully saturated rings. The third-order valence-electron chi connectivity index (χ3n) is 4.13. The lowest BCUT2D eigenvalue weighted by molar-refractivity contribution is -0.130. The summed E-state index contributed by atoms with van der Waals surface area (Å²) in [4.78, 5) is 16.9. The zero-order valence-electron chi connectivity index (χ0n) is 11.4. The summed E-state index contributed by atoms with van der Waals surface area (Å²) in [6.45, 7) is 2.61. The molecule has 2 heterocycles. The highest BCUT2D eigenvalue weighted by molar-refractivity contribution is 7.99. The van der Waals surface area contributed by atoms with Crippen molar-refractivity contribution < 1.29 is 4.79 Å². The Labute approximate surface area is 122 Å². The molecule has 1 amide bonds. The first kappa shape index (κ1) is 13.5. The quantitative estimate of drug-likeness (QED) is 0.931. The van der Waals surface area contributed by atoms with Crippen molar-refractivity contribution in [3.8, 4) is 0 Å². The molecule has 1 saturated heterocycles. The van der Waals surface area contributed by atoms with Crippen LogP contribution in [0.4, 0.5) is 0 Å². The summed E-state index contributed by atoms with van der Waals surface area (Å²) in [5, 5.41) is 4.10. The lowest BCUT2D eigenvalue weighted by atomic mass is 10.2. The molecular weight excluding hydrogens is 276 g/mol. The number of hydrogen-bond donors (Lipinski definition) is 1. The van der Waals surface area contributed by atoms with Crippen molar-refractivity contribution in [3.63, 3.8) is 0 Å². The smallest absolute Gasteiger partial charge is 0.238 e. The normalized spacial score (nSPS) is 31.4. The van der Waals surface area contributed by atoms with Crippen LogP contribution in [0.1, 0.15) is 35.2 Å². The molecule has 1 aliphatic carbocycles. The van der Waals surface area contributed by atoms with E-state index in [0.29, 0.717) is 12.6 Å². The number of nitrogens with zero attached hydrogens (tertiary/aromatic N) is 1. The molecule has 1 saturated carbocycles. The predicted molar refractivity (Wildman–Crippen MR) is 81.6 cm³/mol. The molecule has 3 nitrogen and oxygen atoms in total. The van der Waals surface area contributed by atoms with E-state index in [0.717, 1.165) is 18.1 Å². The Hall–Kier alpha value is -0.520. The Bertz CT molecular complexity index is 474. The summed E-state index contributed by atoms with van der Waals surface area (Å²) in [6, 6.07) is 4.72. The molecule has 3 atom stereocenters. The molecule has 0 bridgehead atoms. The maximum absolute atomic E-state index is 12.2. The highest BCUT2D eigenvalue weighted by atomic mass is 32.2. The Morgan fingerprint density at radius 3 is 2.89 bits per heavy atom. The molecular formula is C14H20N2OS2. The first-order valence-corrected chi connectivity index (χ1v) is 8.93. The van der Waals surface area contributed by atoms with Gasteiger partial charge in [0.1, 0.15) is 6.17 Å². The standard InChI is InChI=1S/C14H20N2OS2/c1-9-3-6-12(19-9)14-15-8-13(17)16(14)10-4-5-11(7-10)18-2/h3,6,10-11,14-15H,4-5,7-8H2,1-2H3. The summed E-state index contributed by atoms with van der Waals surface area (Å²) < 4.78 is 0. The number of hydrogen-bond acceptors (Lipinski definition) is 4. The fourth-order valence-electron chi connectivity index (χ4n) is 3.15. The molecule has 0 spiro atoms. The third kappa shape index (κ3) is 2.56. The molecule has 19 heavy (non-hydrogen) atoms. The van der Waals surface area contributed by atoms with Gasteiger partial charge >= 0.3 is 0 Å². The Kier molecular flexibility index (Phi) is 3.87. The number of aryl methyl sites for hydroxylation is 1. The van der Waals surface area contributed by atoms with Crippen LogP contribution in [0.2, 0.25) is 0 Å². The average molecular weight is 296 g/mol. The zero-order valence-corrected chi connectivity index (χ0v) is 13.0. The molecule has 0 radical (unpaired) electrons. The van der Waals surface area contributed by atoms with E-state index in [1.165, 1.54) is 16.2 Å². The summed E-state index contributed by atoms with van der Waals surface area (Å²) in [7, 11) is 0. The predicted octanol–water partition coefficient (Wildman–Crippen LogP) is 2.77. The van der Waals surface area contributed by atoms with Crippen LogP contribution >= 0.6 is 23.1 Å². The van der Waals surface area contributed by atoms with Gasteiger partial charge in [-0.25, -0.2) is 0 Å². The number of nitrogens with one attached hydrogen (secondary N) is 1. The first-order chi connectivity index (χ1) is 9.19. The van der Waals surface area contributed by atoms with Gasteiger partial charge in [0.25, 0.3) is 0 Å². The van der Waals surface area contributed by atoms with E-state index >= 15 is 0 Å². The van der Waals surface area contributed by atoms with E-state index in [1.807, 2.05) is 11.8 Å². The first-order valence-electron chi connectivity index (χ1n) is 6.82. The summed E-state index contributed by atoms with van der Waals surface area (Å²) in [5.41, 5.74) is 0. The zero-order chi connectivity index (χ0) is 13.4. The fraction of sp³-hybridized carbons (Fsp3) is 0.643. The maximum atomic E-state index is 12.2. The van der Waals surface area contributed by atoms with Gasteiger partial charge < -0.3 is 4.90 Å². The highest BCUT2D eigenvalue weighted by Gasteiger charge is 2.40. The minimum absolute atomic E-state index is 0.108. The molecule has 104 valence electrons. The van der Waals surface area contributed by atoms with Gasteiger partial charge in [0.15, 0.2) is 0 Å². The summed E-state index contributed by atoms with van der Waals surface area (Å²) in [5.74, 6) is 0.266. The third-order valence-corrected chi connectivity index (χ3v) is 6.27. The highest BCUT2D eigenvalue weighted by Crippen LogP contribution is 2.37. The number of carbonyl (C=O) groups excluding carboxylic acids is 1. The van der Waals surface area contributed by atoms with Crippen molar-refractivity contribution in [2.75, 3.05) is 12.8 Å². The monoisotopic (exact) mass is 296 g/mol. The molecule has 5 heteroatoms. The molecule has 3 rings (SSSR count). The van der Waals surface area contributed by atoms with E-state index < -0.39 is 0 Å². The Morgan fingerprint density at radius 1 is 1.42 bits per heavy atom. The fourth-order valence-corrected chi connectivity index (χ4v) is 4.89. The Balaban J connectivity index is 1.79. The van der Waals surface area contributed by atoms with Crippen LogP contribution in [0.25, 0.3) is 0 Å². The van der Waals surface area contributed by atoms with Crippen molar-refractivity contribution >= 4 is 29.0 Å². The van der Waals surface area contributed by atoms with E-state index in [9.17, 15) is 4.79 Å². The number of amides is 1. The largest absolute Gasteiger partial charge is 0.318 e. The second-order valence-electron chi connectivity index (χ2n) is 5.36. The van der Waals surface area contributed by atoms with Crippen LogP contribution < -0.4 is 5.32 Å². The van der Waals surface area contributed by atoms with E-state index in [1.54, 1.807) is 11.3 Å². The average Bonchev–Trinajstić information content (AvgIpc) is 3.08. The molecule has 1 aromatic rings. The van der Waals surface area contributed by atoms with Crippen LogP contribution in [0.5, 0.6) is 0 Å². The van der Waals surface area contributed by atoms with Crippen molar-refractivity contribution in [1.29, 1.82) is 0 Å². The van der Waals surface area contributed by atoms with Crippen molar-refractivity contribution in [3.05, 3.63) is 21.9 Å².